The Balaban J connectivity index is 1.57. The topological polar surface area (TPSA) is 9.72 Å². The molecule has 1 spiro atoms. The van der Waals surface area contributed by atoms with Crippen LogP contribution in [0.5, 0.6) is 0 Å². The summed E-state index contributed by atoms with van der Waals surface area (Å²) in [6.07, 6.45) is 8.71. The van der Waals surface area contributed by atoms with Gasteiger partial charge in [0.05, 0.1) is 0 Å². The predicted octanol–water partition coefficient (Wildman–Crippen LogP) is 2.28. The van der Waals surface area contributed by atoms with Gasteiger partial charge in [-0.2, -0.15) is 0 Å². The third-order valence-electron chi connectivity index (χ3n) is 6.70. The Morgan fingerprint density at radius 1 is 0.600 bits per heavy atom. The number of nitrogens with zero attached hydrogens (tertiary/aromatic N) is 3. The van der Waals surface area contributed by atoms with Crippen molar-refractivity contribution in [3.8, 4) is 0 Å². The average molecular weight is 279 g/mol. The van der Waals surface area contributed by atoms with Crippen molar-refractivity contribution < 1.29 is 0 Å². The molecular weight excluding hydrogens is 246 g/mol. The van der Waals surface area contributed by atoms with Gasteiger partial charge in [-0.15, -0.1) is 0 Å². The molecule has 0 radical (unpaired) electrons. The zero-order valence-electron chi connectivity index (χ0n) is 13.8. The Morgan fingerprint density at radius 3 is 1.65 bits per heavy atom. The van der Waals surface area contributed by atoms with Crippen LogP contribution in [-0.4, -0.2) is 73.6 Å². The minimum atomic E-state index is 0.496. The molecular formula is C17H33N3. The first-order valence-corrected chi connectivity index (χ1v) is 8.64. The van der Waals surface area contributed by atoms with Crippen molar-refractivity contribution in [1.82, 2.24) is 14.7 Å². The van der Waals surface area contributed by atoms with E-state index in [4.69, 9.17) is 0 Å². The Morgan fingerprint density at radius 2 is 1.10 bits per heavy atom. The second kappa shape index (κ2) is 5.58. The molecule has 0 amide bonds. The fourth-order valence-electron chi connectivity index (χ4n) is 4.57. The van der Waals surface area contributed by atoms with E-state index in [9.17, 15) is 0 Å². The second-order valence-electron chi connectivity index (χ2n) is 8.09. The second-order valence-corrected chi connectivity index (χ2v) is 8.09. The van der Waals surface area contributed by atoms with Gasteiger partial charge in [0, 0.05) is 31.7 Å². The average Bonchev–Trinajstić information content (AvgIpc) is 2.46. The highest BCUT2D eigenvalue weighted by Crippen LogP contribution is 2.49. The molecule has 3 rings (SSSR count). The lowest BCUT2D eigenvalue weighted by molar-refractivity contribution is -0.0236. The van der Waals surface area contributed by atoms with E-state index in [1.165, 1.54) is 77.8 Å². The predicted molar refractivity (Wildman–Crippen MR) is 85.1 cm³/mol. The molecule has 0 aromatic carbocycles. The van der Waals surface area contributed by atoms with Crippen molar-refractivity contribution in [3.63, 3.8) is 0 Å². The molecule has 0 atom stereocenters. The number of rotatable bonds is 1. The number of hydrogen-bond acceptors (Lipinski definition) is 3. The van der Waals surface area contributed by atoms with Crippen LogP contribution in [-0.2, 0) is 0 Å². The molecule has 2 aliphatic heterocycles. The number of hydrogen-bond donors (Lipinski definition) is 0. The minimum absolute atomic E-state index is 0.496. The van der Waals surface area contributed by atoms with Gasteiger partial charge in [0.1, 0.15) is 0 Å². The lowest BCUT2D eigenvalue weighted by atomic mass is 9.63. The summed E-state index contributed by atoms with van der Waals surface area (Å²) in [5.74, 6) is 0. The van der Waals surface area contributed by atoms with Gasteiger partial charge in [-0.3, -0.25) is 4.90 Å². The summed E-state index contributed by atoms with van der Waals surface area (Å²) in [5.41, 5.74) is 1.20. The van der Waals surface area contributed by atoms with Crippen molar-refractivity contribution in [2.24, 2.45) is 5.41 Å². The minimum Gasteiger partial charge on any atom is -0.306 e. The molecule has 0 bridgehead atoms. The van der Waals surface area contributed by atoms with E-state index in [0.29, 0.717) is 11.0 Å². The van der Waals surface area contributed by atoms with Gasteiger partial charge in [0.2, 0.25) is 0 Å². The van der Waals surface area contributed by atoms with Crippen molar-refractivity contribution in [2.75, 3.05) is 53.4 Å². The lowest BCUT2D eigenvalue weighted by Crippen LogP contribution is -2.57. The number of piperazine rings is 1. The zero-order valence-corrected chi connectivity index (χ0v) is 13.8. The van der Waals surface area contributed by atoms with Crippen LogP contribution in [0.1, 0.15) is 45.4 Å². The maximum Gasteiger partial charge on any atom is 0.0182 e. The highest BCUT2D eigenvalue weighted by atomic mass is 15.3. The first kappa shape index (κ1) is 14.8. The molecule has 3 fully saturated rings. The smallest absolute Gasteiger partial charge is 0.0182 e. The van der Waals surface area contributed by atoms with E-state index < -0.39 is 0 Å². The third-order valence-corrected chi connectivity index (χ3v) is 6.70. The fourth-order valence-corrected chi connectivity index (χ4v) is 4.57. The van der Waals surface area contributed by atoms with Crippen LogP contribution in [0, 0.1) is 5.41 Å². The number of likely N-dealkylation sites (N-methyl/N-ethyl adjacent to an activating group) is 1. The van der Waals surface area contributed by atoms with Crippen molar-refractivity contribution in [2.45, 2.75) is 51.0 Å². The van der Waals surface area contributed by atoms with Crippen LogP contribution in [0.25, 0.3) is 0 Å². The van der Waals surface area contributed by atoms with Gasteiger partial charge >= 0.3 is 0 Å². The van der Waals surface area contributed by atoms with Gasteiger partial charge in [-0.05, 0) is 78.0 Å². The Hall–Kier alpha value is -0.120. The molecule has 1 aliphatic carbocycles. The summed E-state index contributed by atoms with van der Waals surface area (Å²) in [6, 6.07) is 0. The highest BCUT2D eigenvalue weighted by molar-refractivity contribution is 4.99. The molecule has 0 aromatic heterocycles. The van der Waals surface area contributed by atoms with Gasteiger partial charge in [-0.25, -0.2) is 0 Å². The van der Waals surface area contributed by atoms with E-state index in [0.717, 1.165) is 0 Å². The Labute approximate surface area is 125 Å². The molecule has 2 heterocycles. The van der Waals surface area contributed by atoms with Crippen LogP contribution in [0.15, 0.2) is 0 Å². The van der Waals surface area contributed by atoms with Crippen molar-refractivity contribution in [1.29, 1.82) is 0 Å². The lowest BCUT2D eigenvalue weighted by Gasteiger charge is -2.53. The van der Waals surface area contributed by atoms with Crippen LogP contribution < -0.4 is 0 Å². The molecule has 3 heteroatoms. The van der Waals surface area contributed by atoms with Gasteiger partial charge < -0.3 is 9.80 Å². The summed E-state index contributed by atoms with van der Waals surface area (Å²) >= 11 is 0. The summed E-state index contributed by atoms with van der Waals surface area (Å²) in [6.45, 7) is 10.3. The molecule has 1 saturated carbocycles. The van der Waals surface area contributed by atoms with Gasteiger partial charge in [0.25, 0.3) is 0 Å². The summed E-state index contributed by atoms with van der Waals surface area (Å²) in [5, 5.41) is 0. The molecule has 0 aromatic rings. The molecule has 20 heavy (non-hydrogen) atoms. The molecule has 3 nitrogen and oxygen atoms in total. The quantitative estimate of drug-likeness (QED) is 0.729. The van der Waals surface area contributed by atoms with Crippen LogP contribution in [0.3, 0.4) is 0 Å². The van der Waals surface area contributed by atoms with E-state index in [1.807, 2.05) is 0 Å². The standard InChI is InChI=1S/C17H33N3/c1-16(20-14-12-19(3)13-15-20)4-6-17(7-5-16)8-10-18(2)11-9-17/h4-15H2,1-3H3. The highest BCUT2D eigenvalue weighted by Gasteiger charge is 2.44. The Kier molecular flexibility index (Phi) is 4.13. The Bertz CT molecular complexity index is 315. The number of piperidine rings is 1. The largest absolute Gasteiger partial charge is 0.306 e. The molecule has 3 aliphatic rings. The van der Waals surface area contributed by atoms with Crippen LogP contribution in [0.2, 0.25) is 0 Å². The molecule has 2 saturated heterocycles. The summed E-state index contributed by atoms with van der Waals surface area (Å²) < 4.78 is 0. The summed E-state index contributed by atoms with van der Waals surface area (Å²) in [7, 11) is 4.54. The molecule has 0 N–H and O–H groups in total. The molecule has 116 valence electrons. The van der Waals surface area contributed by atoms with Gasteiger partial charge in [-0.1, -0.05) is 0 Å². The van der Waals surface area contributed by atoms with E-state index >= 15 is 0 Å². The van der Waals surface area contributed by atoms with E-state index in [-0.39, 0.29) is 0 Å². The van der Waals surface area contributed by atoms with E-state index in [2.05, 4.69) is 35.7 Å². The maximum atomic E-state index is 2.80. The van der Waals surface area contributed by atoms with Crippen LogP contribution in [0.4, 0.5) is 0 Å². The zero-order chi connectivity index (χ0) is 14.2. The van der Waals surface area contributed by atoms with Crippen molar-refractivity contribution >= 4 is 0 Å². The SMILES string of the molecule is CN1CCN(C2(C)CCC3(CCN(C)CC3)CC2)CC1. The third kappa shape index (κ3) is 2.90. The normalized spacial score (nSPS) is 32.5. The maximum absolute atomic E-state index is 2.80. The first-order chi connectivity index (χ1) is 9.51. The monoisotopic (exact) mass is 279 g/mol. The van der Waals surface area contributed by atoms with E-state index in [1.54, 1.807) is 0 Å². The van der Waals surface area contributed by atoms with Crippen LogP contribution >= 0.6 is 0 Å². The van der Waals surface area contributed by atoms with Gasteiger partial charge in [0.15, 0.2) is 0 Å². The first-order valence-electron chi connectivity index (χ1n) is 8.64. The number of likely N-dealkylation sites (tertiary alicyclic amines) is 1. The molecule has 0 unspecified atom stereocenters. The fraction of sp³-hybridized carbons (Fsp3) is 1.00. The van der Waals surface area contributed by atoms with Crippen molar-refractivity contribution in [3.05, 3.63) is 0 Å². The summed E-state index contributed by atoms with van der Waals surface area (Å²) in [4.78, 5) is 7.79.